The standard InChI is InChI=1S/C25H30N4O3/c1-4-5-10-23(30)29(24(17(2)3)25(31)32)16-18-11-13-19(14-12-18)20-8-6-7-9-21(20)22-15-26-28-27-22/h6-9,11-15,17,24H,4-5,10,16H2,1-3H3,(H,31,32)(H,26,27,28)/t24-/m0/s1. The molecule has 0 saturated carbocycles. The van der Waals surface area contributed by atoms with Crippen LogP contribution in [0.3, 0.4) is 0 Å². The number of H-pyrrole nitrogens is 1. The molecule has 168 valence electrons. The molecule has 0 radical (unpaired) electrons. The minimum atomic E-state index is -0.969. The first-order valence-electron chi connectivity index (χ1n) is 11.0. The van der Waals surface area contributed by atoms with Gasteiger partial charge in [0.15, 0.2) is 0 Å². The largest absolute Gasteiger partial charge is 0.480 e. The first kappa shape index (κ1) is 23.2. The minimum absolute atomic E-state index is 0.117. The van der Waals surface area contributed by atoms with Gasteiger partial charge >= 0.3 is 5.97 Å². The third-order valence-corrected chi connectivity index (χ3v) is 5.52. The van der Waals surface area contributed by atoms with Crippen molar-refractivity contribution < 1.29 is 14.7 Å². The Morgan fingerprint density at radius 2 is 1.75 bits per heavy atom. The van der Waals surface area contributed by atoms with Gasteiger partial charge in [-0.1, -0.05) is 75.7 Å². The van der Waals surface area contributed by atoms with E-state index in [9.17, 15) is 14.7 Å². The Balaban J connectivity index is 1.87. The van der Waals surface area contributed by atoms with Crippen molar-refractivity contribution in [2.45, 2.75) is 52.6 Å². The van der Waals surface area contributed by atoms with Gasteiger partial charge < -0.3 is 10.0 Å². The maximum absolute atomic E-state index is 12.9. The number of rotatable bonds is 10. The molecule has 0 unspecified atom stereocenters. The number of aromatic nitrogens is 3. The van der Waals surface area contributed by atoms with E-state index in [1.54, 1.807) is 6.20 Å². The molecular weight excluding hydrogens is 404 g/mol. The molecule has 0 bridgehead atoms. The van der Waals surface area contributed by atoms with E-state index in [-0.39, 0.29) is 18.4 Å². The molecule has 1 aromatic heterocycles. The van der Waals surface area contributed by atoms with Crippen LogP contribution in [0.2, 0.25) is 0 Å². The van der Waals surface area contributed by atoms with Gasteiger partial charge in [0.2, 0.25) is 5.91 Å². The topological polar surface area (TPSA) is 99.2 Å². The summed E-state index contributed by atoms with van der Waals surface area (Å²) in [4.78, 5) is 26.3. The van der Waals surface area contributed by atoms with E-state index in [0.29, 0.717) is 6.42 Å². The third-order valence-electron chi connectivity index (χ3n) is 5.52. The molecule has 1 amide bonds. The maximum atomic E-state index is 12.9. The van der Waals surface area contributed by atoms with Gasteiger partial charge in [0.25, 0.3) is 0 Å². The Kier molecular flexibility index (Phi) is 7.76. The highest BCUT2D eigenvalue weighted by Crippen LogP contribution is 2.31. The number of hydrogen-bond donors (Lipinski definition) is 2. The number of unbranched alkanes of at least 4 members (excludes halogenated alkanes) is 1. The van der Waals surface area contributed by atoms with Crippen LogP contribution in [-0.2, 0) is 16.1 Å². The predicted molar refractivity (Wildman–Crippen MR) is 124 cm³/mol. The van der Waals surface area contributed by atoms with Crippen LogP contribution in [0.1, 0.15) is 45.6 Å². The highest BCUT2D eigenvalue weighted by molar-refractivity contribution is 5.84. The molecular formula is C25H30N4O3. The van der Waals surface area contributed by atoms with Gasteiger partial charge in [-0.3, -0.25) is 4.79 Å². The van der Waals surface area contributed by atoms with E-state index in [4.69, 9.17) is 0 Å². The molecule has 1 heterocycles. The molecule has 2 N–H and O–H groups in total. The van der Waals surface area contributed by atoms with Crippen LogP contribution in [0, 0.1) is 5.92 Å². The molecule has 3 aromatic rings. The average Bonchev–Trinajstić information content (AvgIpc) is 3.32. The Bertz CT molecular complexity index is 1030. The number of aromatic amines is 1. The van der Waals surface area contributed by atoms with E-state index in [0.717, 1.165) is 40.8 Å². The van der Waals surface area contributed by atoms with Crippen molar-refractivity contribution in [3.8, 4) is 22.4 Å². The van der Waals surface area contributed by atoms with E-state index >= 15 is 0 Å². The summed E-state index contributed by atoms with van der Waals surface area (Å²) in [6.07, 6.45) is 3.68. The smallest absolute Gasteiger partial charge is 0.326 e. The van der Waals surface area contributed by atoms with Crippen molar-refractivity contribution in [2.24, 2.45) is 5.92 Å². The lowest BCUT2D eigenvalue weighted by molar-refractivity contribution is -0.153. The third kappa shape index (κ3) is 5.41. The lowest BCUT2D eigenvalue weighted by Gasteiger charge is -2.32. The lowest BCUT2D eigenvalue weighted by atomic mass is 9.96. The summed E-state index contributed by atoms with van der Waals surface area (Å²) in [7, 11) is 0. The van der Waals surface area contributed by atoms with E-state index in [1.165, 1.54) is 4.90 Å². The number of carboxylic acids is 1. The molecule has 0 aliphatic heterocycles. The van der Waals surface area contributed by atoms with Crippen molar-refractivity contribution in [1.82, 2.24) is 20.3 Å². The molecule has 7 heteroatoms. The summed E-state index contributed by atoms with van der Waals surface area (Å²) in [6.45, 7) is 5.96. The SMILES string of the molecule is CCCCC(=O)N(Cc1ccc(-c2ccccc2-c2cn[nH]n2)cc1)[C@H](C(=O)O)C(C)C. The summed E-state index contributed by atoms with van der Waals surface area (Å²) < 4.78 is 0. The van der Waals surface area contributed by atoms with Crippen LogP contribution in [0.25, 0.3) is 22.4 Å². The lowest BCUT2D eigenvalue weighted by Crippen LogP contribution is -2.47. The normalized spacial score (nSPS) is 12.0. The van der Waals surface area contributed by atoms with Gasteiger partial charge in [-0.2, -0.15) is 15.4 Å². The molecule has 0 aliphatic carbocycles. The number of carbonyl (C=O) groups excluding carboxylic acids is 1. The number of carbonyl (C=O) groups is 2. The Morgan fingerprint density at radius 1 is 1.06 bits per heavy atom. The van der Waals surface area contributed by atoms with Crippen LogP contribution >= 0.6 is 0 Å². The first-order chi connectivity index (χ1) is 15.4. The summed E-state index contributed by atoms with van der Waals surface area (Å²) in [5.41, 5.74) is 4.66. The van der Waals surface area contributed by atoms with Crippen molar-refractivity contribution in [2.75, 3.05) is 0 Å². The van der Waals surface area contributed by atoms with Gasteiger partial charge in [-0.25, -0.2) is 4.79 Å². The predicted octanol–water partition coefficient (Wildman–Crippen LogP) is 4.77. The van der Waals surface area contributed by atoms with Crippen LogP contribution in [0.4, 0.5) is 0 Å². The number of nitrogens with one attached hydrogen (secondary N) is 1. The molecule has 0 aliphatic rings. The molecule has 7 nitrogen and oxygen atoms in total. The zero-order valence-electron chi connectivity index (χ0n) is 18.8. The quantitative estimate of drug-likeness (QED) is 0.479. The maximum Gasteiger partial charge on any atom is 0.326 e. The molecule has 32 heavy (non-hydrogen) atoms. The van der Waals surface area contributed by atoms with Crippen LogP contribution in [-0.4, -0.2) is 43.3 Å². The highest BCUT2D eigenvalue weighted by atomic mass is 16.4. The Labute approximate surface area is 188 Å². The van der Waals surface area contributed by atoms with Crippen molar-refractivity contribution in [1.29, 1.82) is 0 Å². The van der Waals surface area contributed by atoms with Crippen molar-refractivity contribution >= 4 is 11.9 Å². The monoisotopic (exact) mass is 434 g/mol. The molecule has 0 fully saturated rings. The molecule has 3 rings (SSSR count). The second-order valence-corrected chi connectivity index (χ2v) is 8.25. The molecule has 2 aromatic carbocycles. The second kappa shape index (κ2) is 10.7. The minimum Gasteiger partial charge on any atom is -0.480 e. The number of benzene rings is 2. The van der Waals surface area contributed by atoms with E-state index in [2.05, 4.69) is 15.4 Å². The highest BCUT2D eigenvalue weighted by Gasteiger charge is 2.32. The fourth-order valence-corrected chi connectivity index (χ4v) is 3.87. The first-order valence-corrected chi connectivity index (χ1v) is 11.0. The fraction of sp³-hybridized carbons (Fsp3) is 0.360. The summed E-state index contributed by atoms with van der Waals surface area (Å²) in [6, 6.07) is 15.0. The Hall–Kier alpha value is -3.48. The van der Waals surface area contributed by atoms with E-state index in [1.807, 2.05) is 69.3 Å². The van der Waals surface area contributed by atoms with Gasteiger partial charge in [0, 0.05) is 18.5 Å². The van der Waals surface area contributed by atoms with Crippen molar-refractivity contribution in [3.05, 3.63) is 60.3 Å². The molecule has 0 saturated heterocycles. The fourth-order valence-electron chi connectivity index (χ4n) is 3.87. The van der Waals surface area contributed by atoms with Gasteiger partial charge in [-0.05, 0) is 29.0 Å². The zero-order chi connectivity index (χ0) is 23.1. The summed E-state index contributed by atoms with van der Waals surface area (Å²) in [5.74, 6) is -1.27. The number of hydrogen-bond acceptors (Lipinski definition) is 4. The summed E-state index contributed by atoms with van der Waals surface area (Å²) >= 11 is 0. The van der Waals surface area contributed by atoms with Crippen LogP contribution in [0.5, 0.6) is 0 Å². The number of nitrogens with zero attached hydrogens (tertiary/aromatic N) is 3. The van der Waals surface area contributed by atoms with Gasteiger partial charge in [0.05, 0.1) is 6.20 Å². The van der Waals surface area contributed by atoms with Gasteiger partial charge in [-0.15, -0.1) is 0 Å². The summed E-state index contributed by atoms with van der Waals surface area (Å²) in [5, 5.41) is 20.5. The van der Waals surface area contributed by atoms with Gasteiger partial charge in [0.1, 0.15) is 11.7 Å². The molecule has 0 spiro atoms. The average molecular weight is 435 g/mol. The second-order valence-electron chi connectivity index (χ2n) is 8.25. The zero-order valence-corrected chi connectivity index (χ0v) is 18.8. The van der Waals surface area contributed by atoms with Crippen LogP contribution in [0.15, 0.2) is 54.7 Å². The van der Waals surface area contributed by atoms with Crippen molar-refractivity contribution in [3.63, 3.8) is 0 Å². The number of aliphatic carboxylic acids is 1. The van der Waals surface area contributed by atoms with E-state index < -0.39 is 12.0 Å². The molecule has 1 atom stereocenters. The Morgan fingerprint density at radius 3 is 2.31 bits per heavy atom. The number of amides is 1. The number of carboxylic acid groups (broad SMARTS) is 1. The van der Waals surface area contributed by atoms with Crippen LogP contribution < -0.4 is 0 Å².